The number of nitrogens with one attached hydrogen (secondary N) is 1. The number of ether oxygens (including phenoxy) is 1. The van der Waals surface area contributed by atoms with Gasteiger partial charge in [0.1, 0.15) is 5.75 Å². The summed E-state index contributed by atoms with van der Waals surface area (Å²) in [4.78, 5) is 13.1. The number of hydrogen-bond donors (Lipinski definition) is 1. The van der Waals surface area contributed by atoms with Crippen LogP contribution in [0.15, 0.2) is 59.5 Å². The Balaban J connectivity index is 1.93. The van der Waals surface area contributed by atoms with Gasteiger partial charge in [0, 0.05) is 10.6 Å². The molecule has 0 radical (unpaired) electrons. The third kappa shape index (κ3) is 4.03. The molecular weight excluding hydrogens is 270 g/mol. The van der Waals surface area contributed by atoms with E-state index in [0.29, 0.717) is 0 Å². The highest BCUT2D eigenvalue weighted by Gasteiger charge is 2.14. The summed E-state index contributed by atoms with van der Waals surface area (Å²) in [7, 11) is 1.64. The van der Waals surface area contributed by atoms with Crippen LogP contribution in [0.1, 0.15) is 6.92 Å². The lowest BCUT2D eigenvalue weighted by atomic mass is 10.3. The molecule has 0 aliphatic rings. The van der Waals surface area contributed by atoms with Crippen molar-refractivity contribution < 1.29 is 9.53 Å². The maximum atomic E-state index is 12.1. The lowest BCUT2D eigenvalue weighted by Gasteiger charge is -2.12. The summed E-state index contributed by atoms with van der Waals surface area (Å²) >= 11 is 1.52. The quantitative estimate of drug-likeness (QED) is 0.850. The summed E-state index contributed by atoms with van der Waals surface area (Å²) in [6, 6.07) is 17.2. The van der Waals surface area contributed by atoms with Gasteiger partial charge in [-0.3, -0.25) is 4.79 Å². The van der Waals surface area contributed by atoms with Crippen molar-refractivity contribution in [2.24, 2.45) is 0 Å². The van der Waals surface area contributed by atoms with E-state index in [1.54, 1.807) is 7.11 Å². The molecule has 1 unspecified atom stereocenters. The van der Waals surface area contributed by atoms with Gasteiger partial charge in [0.2, 0.25) is 5.91 Å². The lowest BCUT2D eigenvalue weighted by Crippen LogP contribution is -2.22. The van der Waals surface area contributed by atoms with E-state index in [9.17, 15) is 4.79 Å². The highest BCUT2D eigenvalue weighted by molar-refractivity contribution is 8.00. The zero-order chi connectivity index (χ0) is 14.4. The van der Waals surface area contributed by atoms with Crippen molar-refractivity contribution in [3.63, 3.8) is 0 Å². The van der Waals surface area contributed by atoms with Crippen molar-refractivity contribution in [3.05, 3.63) is 54.6 Å². The van der Waals surface area contributed by atoms with Crippen LogP contribution in [0.5, 0.6) is 5.75 Å². The first-order valence-corrected chi connectivity index (χ1v) is 7.23. The van der Waals surface area contributed by atoms with Gasteiger partial charge >= 0.3 is 0 Å². The molecule has 0 fully saturated rings. The summed E-state index contributed by atoms with van der Waals surface area (Å²) in [6.07, 6.45) is 0. The SMILES string of the molecule is COc1ccc(SC(C)C(=O)Nc2ccccc2)cc1. The number of anilines is 1. The standard InChI is InChI=1S/C16H17NO2S/c1-12(16(18)17-13-6-4-3-5-7-13)20-15-10-8-14(19-2)9-11-15/h3-12H,1-2H3,(H,17,18). The fourth-order valence-corrected chi connectivity index (χ4v) is 2.54. The second-order valence-corrected chi connectivity index (χ2v) is 5.71. The largest absolute Gasteiger partial charge is 0.497 e. The molecule has 2 rings (SSSR count). The number of carbonyl (C=O) groups excluding carboxylic acids is 1. The Kier molecular flexibility index (Phi) is 5.07. The normalized spacial score (nSPS) is 11.7. The van der Waals surface area contributed by atoms with Gasteiger partial charge in [0.15, 0.2) is 0 Å². The minimum Gasteiger partial charge on any atom is -0.497 e. The number of thioether (sulfide) groups is 1. The van der Waals surface area contributed by atoms with Crippen LogP contribution >= 0.6 is 11.8 Å². The first-order valence-electron chi connectivity index (χ1n) is 6.35. The van der Waals surface area contributed by atoms with E-state index in [4.69, 9.17) is 4.74 Å². The molecular formula is C16H17NO2S. The molecule has 0 saturated carbocycles. The maximum Gasteiger partial charge on any atom is 0.237 e. The average molecular weight is 287 g/mol. The molecule has 2 aromatic carbocycles. The minimum absolute atomic E-state index is 0.00276. The molecule has 4 heteroatoms. The molecule has 104 valence electrons. The van der Waals surface area contributed by atoms with Crippen molar-refractivity contribution in [2.45, 2.75) is 17.1 Å². The Morgan fingerprint density at radius 3 is 2.35 bits per heavy atom. The Labute approximate surface area is 123 Å². The van der Waals surface area contributed by atoms with E-state index < -0.39 is 0 Å². The maximum absolute atomic E-state index is 12.1. The summed E-state index contributed by atoms with van der Waals surface area (Å²) in [5, 5.41) is 2.74. The van der Waals surface area contributed by atoms with E-state index in [0.717, 1.165) is 16.3 Å². The zero-order valence-corrected chi connectivity index (χ0v) is 12.3. The number of rotatable bonds is 5. The van der Waals surface area contributed by atoms with Crippen LogP contribution in [0.4, 0.5) is 5.69 Å². The Morgan fingerprint density at radius 2 is 1.75 bits per heavy atom. The van der Waals surface area contributed by atoms with Crippen LogP contribution in [0.2, 0.25) is 0 Å². The predicted octanol–water partition coefficient (Wildman–Crippen LogP) is 3.81. The van der Waals surface area contributed by atoms with Gasteiger partial charge in [-0.25, -0.2) is 0 Å². The van der Waals surface area contributed by atoms with Gasteiger partial charge in [-0.05, 0) is 43.3 Å². The molecule has 3 nitrogen and oxygen atoms in total. The molecule has 0 heterocycles. The third-order valence-electron chi connectivity index (χ3n) is 2.78. The smallest absolute Gasteiger partial charge is 0.237 e. The first-order chi connectivity index (χ1) is 9.69. The number of carbonyl (C=O) groups is 1. The van der Waals surface area contributed by atoms with Gasteiger partial charge < -0.3 is 10.1 Å². The monoisotopic (exact) mass is 287 g/mol. The molecule has 1 amide bonds. The van der Waals surface area contributed by atoms with E-state index in [-0.39, 0.29) is 11.2 Å². The fourth-order valence-electron chi connectivity index (χ4n) is 1.68. The summed E-state index contributed by atoms with van der Waals surface area (Å²) < 4.78 is 5.11. The lowest BCUT2D eigenvalue weighted by molar-refractivity contribution is -0.115. The van der Waals surface area contributed by atoms with Gasteiger partial charge in [-0.15, -0.1) is 11.8 Å². The second-order valence-electron chi connectivity index (χ2n) is 4.29. The Bertz CT molecular complexity index is 554. The number of amides is 1. The van der Waals surface area contributed by atoms with Gasteiger partial charge in [-0.1, -0.05) is 18.2 Å². The molecule has 0 spiro atoms. The van der Waals surface area contributed by atoms with Crippen molar-refractivity contribution >= 4 is 23.4 Å². The number of benzene rings is 2. The van der Waals surface area contributed by atoms with Crippen LogP contribution in [-0.4, -0.2) is 18.3 Å². The molecule has 2 aromatic rings. The Morgan fingerprint density at radius 1 is 1.10 bits per heavy atom. The van der Waals surface area contributed by atoms with Gasteiger partial charge in [0.25, 0.3) is 0 Å². The van der Waals surface area contributed by atoms with Gasteiger partial charge in [-0.2, -0.15) is 0 Å². The van der Waals surface area contributed by atoms with Crippen LogP contribution < -0.4 is 10.1 Å². The predicted molar refractivity (Wildman–Crippen MR) is 83.4 cm³/mol. The average Bonchev–Trinajstić information content (AvgIpc) is 2.49. The first kappa shape index (κ1) is 14.5. The van der Waals surface area contributed by atoms with Crippen LogP contribution in [-0.2, 0) is 4.79 Å². The second kappa shape index (κ2) is 7.01. The molecule has 0 aliphatic carbocycles. The van der Waals surface area contributed by atoms with Crippen molar-refractivity contribution in [2.75, 3.05) is 12.4 Å². The van der Waals surface area contributed by atoms with E-state index >= 15 is 0 Å². The highest BCUT2D eigenvalue weighted by atomic mass is 32.2. The third-order valence-corrected chi connectivity index (χ3v) is 3.89. The fraction of sp³-hybridized carbons (Fsp3) is 0.188. The number of hydrogen-bond acceptors (Lipinski definition) is 3. The molecule has 1 N–H and O–H groups in total. The van der Waals surface area contributed by atoms with Crippen molar-refractivity contribution in [3.8, 4) is 5.75 Å². The van der Waals surface area contributed by atoms with Crippen LogP contribution in [0.25, 0.3) is 0 Å². The summed E-state index contributed by atoms with van der Waals surface area (Å²) in [5.74, 6) is 0.813. The topological polar surface area (TPSA) is 38.3 Å². The number of methoxy groups -OCH3 is 1. The molecule has 1 atom stereocenters. The van der Waals surface area contributed by atoms with E-state index in [1.165, 1.54) is 11.8 Å². The van der Waals surface area contributed by atoms with Crippen LogP contribution in [0.3, 0.4) is 0 Å². The van der Waals surface area contributed by atoms with E-state index in [2.05, 4.69) is 5.32 Å². The van der Waals surface area contributed by atoms with Crippen molar-refractivity contribution in [1.29, 1.82) is 0 Å². The van der Waals surface area contributed by atoms with Crippen LogP contribution in [0, 0.1) is 0 Å². The molecule has 0 aliphatic heterocycles. The zero-order valence-electron chi connectivity index (χ0n) is 11.5. The molecule has 0 saturated heterocycles. The molecule has 20 heavy (non-hydrogen) atoms. The highest BCUT2D eigenvalue weighted by Crippen LogP contribution is 2.26. The number of para-hydroxylation sites is 1. The molecule has 0 aromatic heterocycles. The van der Waals surface area contributed by atoms with Gasteiger partial charge in [0.05, 0.1) is 12.4 Å². The summed E-state index contributed by atoms with van der Waals surface area (Å²) in [6.45, 7) is 1.90. The Hall–Kier alpha value is -1.94. The van der Waals surface area contributed by atoms with E-state index in [1.807, 2.05) is 61.5 Å². The van der Waals surface area contributed by atoms with Crippen molar-refractivity contribution in [1.82, 2.24) is 0 Å². The molecule has 0 bridgehead atoms. The summed E-state index contributed by atoms with van der Waals surface area (Å²) in [5.41, 5.74) is 0.819. The minimum atomic E-state index is -0.163.